The van der Waals surface area contributed by atoms with Crippen LogP contribution in [-0.4, -0.2) is 53.4 Å². The lowest BCUT2D eigenvalue weighted by atomic mass is 9.98. The highest BCUT2D eigenvalue weighted by Crippen LogP contribution is 2.20. The van der Waals surface area contributed by atoms with E-state index in [0.29, 0.717) is 5.92 Å². The van der Waals surface area contributed by atoms with Crippen molar-refractivity contribution >= 4 is 17.3 Å². The van der Waals surface area contributed by atoms with Gasteiger partial charge in [0, 0.05) is 49.8 Å². The Hall–Kier alpha value is -1.86. The zero-order valence-corrected chi connectivity index (χ0v) is 19.0. The maximum absolute atomic E-state index is 4.88. The van der Waals surface area contributed by atoms with E-state index >= 15 is 0 Å². The summed E-state index contributed by atoms with van der Waals surface area (Å²) in [5.41, 5.74) is 2.32. The topological polar surface area (TPSA) is 57.5 Å². The standard InChI is InChI=1S/C22H36N6S/c1-4-23-22(24-10-7-12-28-19(3)14-18(2)26-28)25-15-20-8-5-11-27(16-20)17-21-9-6-13-29-21/h6,9,13-14,20H,4-5,7-8,10-12,15-17H2,1-3H3,(H2,23,24,25). The fraction of sp³-hybridized carbons (Fsp3) is 0.636. The van der Waals surface area contributed by atoms with Gasteiger partial charge in [0.2, 0.25) is 0 Å². The van der Waals surface area contributed by atoms with Gasteiger partial charge in [-0.2, -0.15) is 5.10 Å². The molecule has 0 bridgehead atoms. The molecule has 2 aromatic rings. The Morgan fingerprint density at radius 1 is 1.34 bits per heavy atom. The number of rotatable bonds is 9. The molecule has 1 aliphatic heterocycles. The Balaban J connectivity index is 1.42. The van der Waals surface area contributed by atoms with E-state index in [1.54, 1.807) is 0 Å². The smallest absolute Gasteiger partial charge is 0.191 e. The fourth-order valence-corrected chi connectivity index (χ4v) is 4.71. The Labute approximate surface area is 179 Å². The molecule has 29 heavy (non-hydrogen) atoms. The first kappa shape index (κ1) is 21.8. The number of thiophene rings is 1. The van der Waals surface area contributed by atoms with Gasteiger partial charge in [0.25, 0.3) is 0 Å². The lowest BCUT2D eigenvalue weighted by Crippen LogP contribution is -2.40. The van der Waals surface area contributed by atoms with Crippen LogP contribution in [0.4, 0.5) is 0 Å². The van der Waals surface area contributed by atoms with Crippen molar-refractivity contribution < 1.29 is 0 Å². The van der Waals surface area contributed by atoms with Crippen LogP contribution in [0.5, 0.6) is 0 Å². The van der Waals surface area contributed by atoms with Crippen molar-refractivity contribution in [1.29, 1.82) is 0 Å². The van der Waals surface area contributed by atoms with Gasteiger partial charge in [-0.1, -0.05) is 6.07 Å². The summed E-state index contributed by atoms with van der Waals surface area (Å²) in [4.78, 5) is 8.93. The van der Waals surface area contributed by atoms with Gasteiger partial charge in [-0.05, 0) is 70.0 Å². The summed E-state index contributed by atoms with van der Waals surface area (Å²) in [5, 5.41) is 13.6. The lowest BCUT2D eigenvalue weighted by Gasteiger charge is -2.31. The third kappa shape index (κ3) is 7.16. The van der Waals surface area contributed by atoms with Gasteiger partial charge in [-0.15, -0.1) is 11.3 Å². The number of nitrogens with one attached hydrogen (secondary N) is 2. The third-order valence-electron chi connectivity index (χ3n) is 5.36. The minimum Gasteiger partial charge on any atom is -0.357 e. The van der Waals surface area contributed by atoms with Crippen molar-refractivity contribution in [2.24, 2.45) is 10.9 Å². The summed E-state index contributed by atoms with van der Waals surface area (Å²) < 4.78 is 2.09. The zero-order valence-electron chi connectivity index (χ0n) is 18.2. The number of guanidine groups is 1. The van der Waals surface area contributed by atoms with E-state index < -0.39 is 0 Å². The molecule has 3 rings (SSSR count). The molecule has 2 aromatic heterocycles. The van der Waals surface area contributed by atoms with Gasteiger partial charge in [-0.25, -0.2) is 0 Å². The highest BCUT2D eigenvalue weighted by molar-refractivity contribution is 7.09. The van der Waals surface area contributed by atoms with E-state index in [0.717, 1.165) is 57.3 Å². The quantitative estimate of drug-likeness (QED) is 0.374. The Morgan fingerprint density at radius 2 is 2.24 bits per heavy atom. The van der Waals surface area contributed by atoms with Crippen LogP contribution >= 0.6 is 11.3 Å². The molecular weight excluding hydrogens is 380 g/mol. The van der Waals surface area contributed by atoms with Crippen LogP contribution in [0.3, 0.4) is 0 Å². The molecule has 1 saturated heterocycles. The number of aliphatic imine (C=N–C) groups is 1. The fourth-order valence-electron chi connectivity index (χ4n) is 3.97. The van der Waals surface area contributed by atoms with Gasteiger partial charge in [0.1, 0.15) is 0 Å². The first-order valence-electron chi connectivity index (χ1n) is 10.9. The van der Waals surface area contributed by atoms with Crippen LogP contribution in [0.1, 0.15) is 42.5 Å². The predicted molar refractivity (Wildman–Crippen MR) is 123 cm³/mol. The number of likely N-dealkylation sites (tertiary alicyclic amines) is 1. The maximum Gasteiger partial charge on any atom is 0.191 e. The molecule has 3 heterocycles. The summed E-state index contributed by atoms with van der Waals surface area (Å²) in [6.07, 6.45) is 3.59. The highest BCUT2D eigenvalue weighted by atomic mass is 32.1. The molecule has 0 radical (unpaired) electrons. The molecule has 1 fully saturated rings. The second-order valence-electron chi connectivity index (χ2n) is 7.97. The van der Waals surface area contributed by atoms with Crippen LogP contribution in [0.15, 0.2) is 28.6 Å². The number of hydrogen-bond acceptors (Lipinski definition) is 4. The van der Waals surface area contributed by atoms with Gasteiger partial charge >= 0.3 is 0 Å². The van der Waals surface area contributed by atoms with Crippen LogP contribution < -0.4 is 10.6 Å². The third-order valence-corrected chi connectivity index (χ3v) is 6.22. The molecule has 1 unspecified atom stereocenters. The zero-order chi connectivity index (χ0) is 20.5. The molecule has 1 aliphatic rings. The van der Waals surface area contributed by atoms with Crippen LogP contribution in [0.2, 0.25) is 0 Å². The SMILES string of the molecule is CCNC(=NCC1CCCN(Cc2cccs2)C1)NCCCn1nc(C)cc1C. The van der Waals surface area contributed by atoms with E-state index in [2.05, 4.69) is 62.7 Å². The molecule has 2 N–H and O–H groups in total. The Bertz CT molecular complexity index is 751. The molecule has 1 atom stereocenters. The predicted octanol–water partition coefficient (Wildman–Crippen LogP) is 3.42. The van der Waals surface area contributed by atoms with Gasteiger partial charge < -0.3 is 10.6 Å². The monoisotopic (exact) mass is 416 g/mol. The maximum atomic E-state index is 4.88. The number of aryl methyl sites for hydroxylation is 3. The van der Waals surface area contributed by atoms with Crippen LogP contribution in [0.25, 0.3) is 0 Å². The molecule has 160 valence electrons. The summed E-state index contributed by atoms with van der Waals surface area (Å²) in [5.74, 6) is 1.59. The molecule has 0 saturated carbocycles. The van der Waals surface area contributed by atoms with Crippen molar-refractivity contribution in [3.63, 3.8) is 0 Å². The van der Waals surface area contributed by atoms with Gasteiger partial charge in [0.15, 0.2) is 5.96 Å². The molecular formula is C22H36N6S. The van der Waals surface area contributed by atoms with Crippen LogP contribution in [0, 0.1) is 19.8 Å². The minimum absolute atomic E-state index is 0.647. The molecule has 0 amide bonds. The normalized spacial score (nSPS) is 18.2. The average molecular weight is 417 g/mol. The molecule has 0 aromatic carbocycles. The molecule has 7 heteroatoms. The molecule has 0 spiro atoms. The molecule has 6 nitrogen and oxygen atoms in total. The second-order valence-corrected chi connectivity index (χ2v) is 9.01. The van der Waals surface area contributed by atoms with E-state index in [1.165, 1.54) is 30.0 Å². The van der Waals surface area contributed by atoms with Gasteiger partial charge in [0.05, 0.1) is 5.69 Å². The summed E-state index contributed by atoms with van der Waals surface area (Å²) in [6, 6.07) is 6.52. The first-order chi connectivity index (χ1) is 14.1. The Kier molecular flexibility index (Phi) is 8.55. The van der Waals surface area contributed by atoms with Crippen molar-refractivity contribution in [2.45, 2.75) is 53.1 Å². The van der Waals surface area contributed by atoms with Crippen molar-refractivity contribution in [1.82, 2.24) is 25.3 Å². The average Bonchev–Trinajstić information content (AvgIpc) is 3.32. The minimum atomic E-state index is 0.647. The number of hydrogen-bond donors (Lipinski definition) is 2. The summed E-state index contributed by atoms with van der Waals surface area (Å²) >= 11 is 1.86. The summed E-state index contributed by atoms with van der Waals surface area (Å²) in [7, 11) is 0. The highest BCUT2D eigenvalue weighted by Gasteiger charge is 2.20. The molecule has 0 aliphatic carbocycles. The van der Waals surface area contributed by atoms with Gasteiger partial charge in [-0.3, -0.25) is 14.6 Å². The van der Waals surface area contributed by atoms with Crippen molar-refractivity contribution in [3.8, 4) is 0 Å². The summed E-state index contributed by atoms with van der Waals surface area (Å²) in [6.45, 7) is 13.4. The van der Waals surface area contributed by atoms with E-state index in [4.69, 9.17) is 4.99 Å². The van der Waals surface area contributed by atoms with Crippen molar-refractivity contribution in [3.05, 3.63) is 39.8 Å². The second kappa shape index (κ2) is 11.4. The largest absolute Gasteiger partial charge is 0.357 e. The number of piperidine rings is 1. The van der Waals surface area contributed by atoms with E-state index in [1.807, 2.05) is 18.3 Å². The van der Waals surface area contributed by atoms with E-state index in [9.17, 15) is 0 Å². The lowest BCUT2D eigenvalue weighted by molar-refractivity contribution is 0.172. The van der Waals surface area contributed by atoms with Crippen molar-refractivity contribution in [2.75, 3.05) is 32.7 Å². The van der Waals surface area contributed by atoms with E-state index in [-0.39, 0.29) is 0 Å². The number of nitrogens with zero attached hydrogens (tertiary/aromatic N) is 4. The van der Waals surface area contributed by atoms with Crippen LogP contribution in [-0.2, 0) is 13.1 Å². The number of aromatic nitrogens is 2. The Morgan fingerprint density at radius 3 is 2.97 bits per heavy atom. The first-order valence-corrected chi connectivity index (χ1v) is 11.8.